The molecule has 2 heterocycles. The molecule has 0 saturated heterocycles. The molecule has 1 aliphatic heterocycles. The second-order valence-electron chi connectivity index (χ2n) is 7.81. The van der Waals surface area contributed by atoms with E-state index >= 15 is 0 Å². The minimum atomic E-state index is -0.247. The highest BCUT2D eigenvalue weighted by Crippen LogP contribution is 2.34. The molecule has 7 heteroatoms. The molecule has 1 unspecified atom stereocenters. The molecule has 1 N–H and O–H groups in total. The second-order valence-corrected chi connectivity index (χ2v) is 8.67. The van der Waals surface area contributed by atoms with E-state index in [2.05, 4.69) is 16.4 Å². The molecule has 166 valence electrons. The molecule has 3 aromatic rings. The number of hydrogen-bond acceptors (Lipinski definition) is 5. The number of benzene rings is 2. The lowest BCUT2D eigenvalue weighted by Crippen LogP contribution is -2.33. The van der Waals surface area contributed by atoms with Gasteiger partial charge < -0.3 is 9.64 Å². The van der Waals surface area contributed by atoms with Crippen LogP contribution in [0.1, 0.15) is 43.1 Å². The zero-order valence-electron chi connectivity index (χ0n) is 18.6. The average molecular weight is 450 g/mol. The molecule has 1 aromatic heterocycles. The van der Waals surface area contributed by atoms with Crippen LogP contribution in [0, 0.1) is 5.92 Å². The Balaban J connectivity index is 1.50. The first-order chi connectivity index (χ1) is 15.5. The Kier molecular flexibility index (Phi) is 6.55. The van der Waals surface area contributed by atoms with Crippen LogP contribution in [0.15, 0.2) is 47.8 Å². The van der Waals surface area contributed by atoms with Crippen LogP contribution < -0.4 is 15.0 Å². The molecule has 0 bridgehead atoms. The summed E-state index contributed by atoms with van der Waals surface area (Å²) in [7, 11) is 0. The van der Waals surface area contributed by atoms with E-state index in [0.29, 0.717) is 23.1 Å². The Morgan fingerprint density at radius 1 is 1.22 bits per heavy atom. The predicted octanol–water partition coefficient (Wildman–Crippen LogP) is 5.40. The molecule has 1 aliphatic rings. The van der Waals surface area contributed by atoms with Gasteiger partial charge in [0.15, 0.2) is 5.13 Å². The van der Waals surface area contributed by atoms with Crippen molar-refractivity contribution in [3.8, 4) is 17.0 Å². The maximum atomic E-state index is 12.7. The lowest BCUT2D eigenvalue weighted by molar-refractivity contribution is -0.121. The summed E-state index contributed by atoms with van der Waals surface area (Å²) in [5.41, 5.74) is 4.42. The third-order valence-corrected chi connectivity index (χ3v) is 6.48. The molecular formula is C25H27N3O3S. The molecule has 0 spiro atoms. The first-order valence-electron chi connectivity index (χ1n) is 10.9. The van der Waals surface area contributed by atoms with E-state index in [-0.39, 0.29) is 17.7 Å². The number of nitrogens with one attached hydrogen (secondary N) is 1. The van der Waals surface area contributed by atoms with E-state index in [9.17, 15) is 9.59 Å². The first-order valence-corrected chi connectivity index (χ1v) is 11.8. The van der Waals surface area contributed by atoms with E-state index in [4.69, 9.17) is 4.74 Å². The summed E-state index contributed by atoms with van der Waals surface area (Å²) in [5.74, 6) is 0.519. The van der Waals surface area contributed by atoms with E-state index in [1.807, 2.05) is 55.3 Å². The summed E-state index contributed by atoms with van der Waals surface area (Å²) in [6.07, 6.45) is 1.68. The Morgan fingerprint density at radius 2 is 2.03 bits per heavy atom. The van der Waals surface area contributed by atoms with Crippen molar-refractivity contribution >= 4 is 34.0 Å². The number of anilines is 2. The summed E-state index contributed by atoms with van der Waals surface area (Å²) in [4.78, 5) is 31.9. The van der Waals surface area contributed by atoms with Crippen molar-refractivity contribution in [3.63, 3.8) is 0 Å². The van der Waals surface area contributed by atoms with Crippen LogP contribution in [-0.2, 0) is 11.2 Å². The molecule has 2 aromatic carbocycles. The van der Waals surface area contributed by atoms with E-state index in [1.165, 1.54) is 11.3 Å². The number of amides is 2. The summed E-state index contributed by atoms with van der Waals surface area (Å²) < 4.78 is 5.55. The van der Waals surface area contributed by atoms with E-state index in [1.54, 1.807) is 12.1 Å². The zero-order valence-corrected chi connectivity index (χ0v) is 19.4. The average Bonchev–Trinajstić information content (AvgIpc) is 3.45. The first kappa shape index (κ1) is 22.0. The fourth-order valence-electron chi connectivity index (χ4n) is 3.79. The second kappa shape index (κ2) is 9.53. The Labute approximate surface area is 192 Å². The molecule has 0 fully saturated rings. The highest BCUT2D eigenvalue weighted by atomic mass is 32.1. The molecule has 4 rings (SSSR count). The van der Waals surface area contributed by atoms with Crippen LogP contribution in [0.2, 0.25) is 0 Å². The van der Waals surface area contributed by atoms with Crippen LogP contribution in [0.25, 0.3) is 11.3 Å². The minimum absolute atomic E-state index is 0.0261. The van der Waals surface area contributed by atoms with Gasteiger partial charge in [0.05, 0.1) is 17.9 Å². The topological polar surface area (TPSA) is 71.5 Å². The van der Waals surface area contributed by atoms with Crippen LogP contribution >= 0.6 is 11.3 Å². The van der Waals surface area contributed by atoms with Gasteiger partial charge in [0.2, 0.25) is 5.91 Å². The van der Waals surface area contributed by atoms with Gasteiger partial charge in [0, 0.05) is 29.1 Å². The van der Waals surface area contributed by atoms with Crippen molar-refractivity contribution in [1.82, 2.24) is 4.98 Å². The normalized spacial score (nSPS) is 13.5. The van der Waals surface area contributed by atoms with Gasteiger partial charge in [-0.15, -0.1) is 11.3 Å². The largest absolute Gasteiger partial charge is 0.493 e. The third kappa shape index (κ3) is 4.39. The van der Waals surface area contributed by atoms with Crippen LogP contribution in [-0.4, -0.2) is 29.9 Å². The molecule has 0 saturated carbocycles. The van der Waals surface area contributed by atoms with Gasteiger partial charge >= 0.3 is 0 Å². The number of carbonyl (C=O) groups excluding carboxylic acids is 2. The van der Waals surface area contributed by atoms with Crippen molar-refractivity contribution in [2.24, 2.45) is 5.92 Å². The highest BCUT2D eigenvalue weighted by Gasteiger charge is 2.27. The molecule has 2 amide bonds. The fraction of sp³-hybridized carbons (Fsp3) is 0.320. The lowest BCUT2D eigenvalue weighted by Gasteiger charge is -2.21. The van der Waals surface area contributed by atoms with Gasteiger partial charge in [0.25, 0.3) is 5.91 Å². The maximum Gasteiger partial charge on any atom is 0.261 e. The van der Waals surface area contributed by atoms with Crippen LogP contribution in [0.4, 0.5) is 10.8 Å². The smallest absolute Gasteiger partial charge is 0.261 e. The van der Waals surface area contributed by atoms with Gasteiger partial charge in [-0.3, -0.25) is 14.9 Å². The van der Waals surface area contributed by atoms with Gasteiger partial charge in [-0.05, 0) is 49.6 Å². The van der Waals surface area contributed by atoms with Gasteiger partial charge in [-0.1, -0.05) is 32.0 Å². The van der Waals surface area contributed by atoms with E-state index < -0.39 is 0 Å². The number of thiazole rings is 1. The standard InChI is InChI=1S/C25H27N3O3S/c1-4-16(3)24(30)28-13-12-18-14-17(10-11-21(18)28)20-15-32-25(26-20)27-23(29)19-8-6-7-9-22(19)31-5-2/h6-11,14-16H,4-5,12-13H2,1-3H3,(H,26,27,29). The van der Waals surface area contributed by atoms with Crippen LogP contribution in [0.3, 0.4) is 0 Å². The monoisotopic (exact) mass is 449 g/mol. The number of ether oxygens (including phenoxy) is 1. The fourth-order valence-corrected chi connectivity index (χ4v) is 4.51. The number of hydrogen-bond donors (Lipinski definition) is 1. The van der Waals surface area contributed by atoms with Gasteiger partial charge in [0.1, 0.15) is 5.75 Å². The molecule has 0 aliphatic carbocycles. The SMILES string of the molecule is CCOc1ccccc1C(=O)Nc1nc(-c2ccc3c(c2)CCN3C(=O)C(C)CC)cs1. The third-order valence-electron chi connectivity index (χ3n) is 5.73. The Bertz CT molecular complexity index is 1140. The summed E-state index contributed by atoms with van der Waals surface area (Å²) in [6.45, 7) is 7.12. The van der Waals surface area contributed by atoms with Crippen molar-refractivity contribution in [2.75, 3.05) is 23.4 Å². The van der Waals surface area contributed by atoms with Crippen LogP contribution in [0.5, 0.6) is 5.75 Å². The molecule has 0 radical (unpaired) electrons. The maximum absolute atomic E-state index is 12.7. The quantitative estimate of drug-likeness (QED) is 0.524. The van der Waals surface area contributed by atoms with E-state index in [0.717, 1.165) is 41.9 Å². The number of nitrogens with zero attached hydrogens (tertiary/aromatic N) is 2. The van der Waals surface area contributed by atoms with Crippen molar-refractivity contribution < 1.29 is 14.3 Å². The predicted molar refractivity (Wildman–Crippen MR) is 129 cm³/mol. The minimum Gasteiger partial charge on any atom is -0.493 e. The van der Waals surface area contributed by atoms with Crippen molar-refractivity contribution in [3.05, 3.63) is 59.0 Å². The van der Waals surface area contributed by atoms with Crippen molar-refractivity contribution in [1.29, 1.82) is 0 Å². The molecule has 32 heavy (non-hydrogen) atoms. The molecular weight excluding hydrogens is 422 g/mol. The number of carbonyl (C=O) groups is 2. The van der Waals surface area contributed by atoms with Gasteiger partial charge in [-0.2, -0.15) is 0 Å². The summed E-state index contributed by atoms with van der Waals surface area (Å²) >= 11 is 1.38. The molecule has 6 nitrogen and oxygen atoms in total. The summed E-state index contributed by atoms with van der Waals surface area (Å²) in [5, 5.41) is 5.34. The van der Waals surface area contributed by atoms with Gasteiger partial charge in [-0.25, -0.2) is 4.98 Å². The number of aromatic nitrogens is 1. The Morgan fingerprint density at radius 3 is 2.81 bits per heavy atom. The lowest BCUT2D eigenvalue weighted by atomic mass is 10.1. The zero-order chi connectivity index (χ0) is 22.7. The van der Waals surface area contributed by atoms with Crippen molar-refractivity contribution in [2.45, 2.75) is 33.6 Å². The number of rotatable bonds is 7. The number of para-hydroxylation sites is 1. The number of fused-ring (bicyclic) bond motifs is 1. The Hall–Kier alpha value is -3.19. The summed E-state index contributed by atoms with van der Waals surface area (Å²) in [6, 6.07) is 13.3. The highest BCUT2D eigenvalue weighted by molar-refractivity contribution is 7.14. The molecule has 1 atom stereocenters.